The van der Waals surface area contributed by atoms with Gasteiger partial charge >= 0.3 is 0 Å². The fraction of sp³-hybridized carbons (Fsp3) is 1.00. The Morgan fingerprint density at radius 1 is 1.38 bits per heavy atom. The molecule has 2 fully saturated rings. The third-order valence-corrected chi connectivity index (χ3v) is 3.65. The number of hydrogen-bond acceptors (Lipinski definition) is 2. The lowest BCUT2D eigenvalue weighted by Gasteiger charge is -2.38. The molecule has 0 radical (unpaired) electrons. The third kappa shape index (κ3) is 1.89. The van der Waals surface area contributed by atoms with Crippen LogP contribution in [-0.2, 0) is 0 Å². The zero-order chi connectivity index (χ0) is 9.42. The van der Waals surface area contributed by atoms with Crippen LogP contribution in [0.3, 0.4) is 0 Å². The highest BCUT2D eigenvalue weighted by atomic mass is 15.3. The zero-order valence-electron chi connectivity index (χ0n) is 9.09. The minimum absolute atomic E-state index is 0.689. The van der Waals surface area contributed by atoms with Crippen molar-refractivity contribution >= 4 is 0 Å². The SMILES string of the molecule is CCC1CC1N1CC(C)NCC1C. The molecule has 1 N–H and O–H groups in total. The molecule has 1 heterocycles. The van der Waals surface area contributed by atoms with Gasteiger partial charge in [0, 0.05) is 31.2 Å². The van der Waals surface area contributed by atoms with Crippen LogP contribution in [-0.4, -0.2) is 36.1 Å². The van der Waals surface area contributed by atoms with Crippen LogP contribution in [0.15, 0.2) is 0 Å². The highest BCUT2D eigenvalue weighted by molar-refractivity contribution is 4.98. The molecular formula is C11H22N2. The van der Waals surface area contributed by atoms with Gasteiger partial charge in [0.25, 0.3) is 0 Å². The van der Waals surface area contributed by atoms with Crippen LogP contribution in [0.2, 0.25) is 0 Å². The molecule has 76 valence electrons. The first-order valence-electron chi connectivity index (χ1n) is 5.71. The quantitative estimate of drug-likeness (QED) is 0.695. The highest BCUT2D eigenvalue weighted by Crippen LogP contribution is 2.39. The average Bonchev–Trinajstić information content (AvgIpc) is 2.88. The van der Waals surface area contributed by atoms with Crippen LogP contribution < -0.4 is 5.32 Å². The Morgan fingerprint density at radius 3 is 2.77 bits per heavy atom. The van der Waals surface area contributed by atoms with E-state index in [4.69, 9.17) is 0 Å². The largest absolute Gasteiger partial charge is 0.311 e. The van der Waals surface area contributed by atoms with Gasteiger partial charge in [-0.3, -0.25) is 4.90 Å². The van der Waals surface area contributed by atoms with Crippen LogP contribution in [0.1, 0.15) is 33.6 Å². The maximum absolute atomic E-state index is 3.54. The van der Waals surface area contributed by atoms with Crippen molar-refractivity contribution in [1.82, 2.24) is 10.2 Å². The van der Waals surface area contributed by atoms with E-state index in [1.807, 2.05) is 0 Å². The van der Waals surface area contributed by atoms with Crippen LogP contribution in [0, 0.1) is 5.92 Å². The second-order valence-electron chi connectivity index (χ2n) is 4.83. The van der Waals surface area contributed by atoms with Crippen LogP contribution in [0.4, 0.5) is 0 Å². The monoisotopic (exact) mass is 182 g/mol. The summed E-state index contributed by atoms with van der Waals surface area (Å²) in [5.74, 6) is 1.01. The van der Waals surface area contributed by atoms with E-state index in [9.17, 15) is 0 Å². The highest BCUT2D eigenvalue weighted by Gasteiger charge is 2.43. The predicted molar refractivity (Wildman–Crippen MR) is 55.8 cm³/mol. The summed E-state index contributed by atoms with van der Waals surface area (Å²) in [5.41, 5.74) is 0. The molecule has 4 unspecified atom stereocenters. The first-order chi connectivity index (χ1) is 6.22. The lowest BCUT2D eigenvalue weighted by Crippen LogP contribution is -2.55. The van der Waals surface area contributed by atoms with Gasteiger partial charge in [-0.2, -0.15) is 0 Å². The molecule has 0 aromatic rings. The number of piperazine rings is 1. The van der Waals surface area contributed by atoms with E-state index in [1.54, 1.807) is 0 Å². The zero-order valence-corrected chi connectivity index (χ0v) is 9.09. The van der Waals surface area contributed by atoms with Gasteiger partial charge in [-0.15, -0.1) is 0 Å². The molecule has 1 aliphatic carbocycles. The van der Waals surface area contributed by atoms with Crippen LogP contribution in [0.5, 0.6) is 0 Å². The normalized spacial score (nSPS) is 46.4. The molecule has 2 nitrogen and oxygen atoms in total. The van der Waals surface area contributed by atoms with Gasteiger partial charge in [-0.25, -0.2) is 0 Å². The molecule has 4 atom stereocenters. The Labute approximate surface area is 81.7 Å². The Morgan fingerprint density at radius 2 is 2.15 bits per heavy atom. The van der Waals surface area contributed by atoms with Crippen molar-refractivity contribution in [1.29, 1.82) is 0 Å². The minimum Gasteiger partial charge on any atom is -0.311 e. The van der Waals surface area contributed by atoms with E-state index < -0.39 is 0 Å². The number of nitrogens with zero attached hydrogens (tertiary/aromatic N) is 1. The van der Waals surface area contributed by atoms with E-state index in [1.165, 1.54) is 25.9 Å². The van der Waals surface area contributed by atoms with E-state index >= 15 is 0 Å². The maximum atomic E-state index is 3.54. The molecule has 2 heteroatoms. The van der Waals surface area contributed by atoms with Gasteiger partial charge in [0.1, 0.15) is 0 Å². The Bertz CT molecular complexity index is 181. The van der Waals surface area contributed by atoms with Gasteiger partial charge in [-0.05, 0) is 26.2 Å². The van der Waals surface area contributed by atoms with E-state index in [0.717, 1.165) is 18.0 Å². The molecule has 0 aromatic heterocycles. The minimum atomic E-state index is 0.689. The molecule has 2 aliphatic rings. The molecule has 13 heavy (non-hydrogen) atoms. The van der Waals surface area contributed by atoms with Gasteiger partial charge in [-0.1, -0.05) is 13.3 Å². The summed E-state index contributed by atoms with van der Waals surface area (Å²) < 4.78 is 0. The van der Waals surface area contributed by atoms with Gasteiger partial charge in [0.2, 0.25) is 0 Å². The average molecular weight is 182 g/mol. The summed E-state index contributed by atoms with van der Waals surface area (Å²) in [6.45, 7) is 9.39. The number of nitrogens with one attached hydrogen (secondary N) is 1. The van der Waals surface area contributed by atoms with E-state index in [0.29, 0.717) is 6.04 Å². The predicted octanol–water partition coefficient (Wildman–Crippen LogP) is 1.47. The van der Waals surface area contributed by atoms with Crippen molar-refractivity contribution in [3.63, 3.8) is 0 Å². The summed E-state index contributed by atoms with van der Waals surface area (Å²) in [6, 6.07) is 2.36. The van der Waals surface area contributed by atoms with Crippen LogP contribution in [0.25, 0.3) is 0 Å². The summed E-state index contributed by atoms with van der Waals surface area (Å²) >= 11 is 0. The molecule has 0 bridgehead atoms. The molecule has 0 aromatic carbocycles. The molecule has 2 rings (SSSR count). The first kappa shape index (κ1) is 9.47. The lowest BCUT2D eigenvalue weighted by molar-refractivity contribution is 0.131. The Balaban J connectivity index is 1.90. The summed E-state index contributed by atoms with van der Waals surface area (Å²) in [6.07, 6.45) is 2.82. The van der Waals surface area contributed by atoms with E-state index in [-0.39, 0.29) is 0 Å². The summed E-state index contributed by atoms with van der Waals surface area (Å²) in [7, 11) is 0. The molecule has 0 amide bonds. The summed E-state index contributed by atoms with van der Waals surface area (Å²) in [4.78, 5) is 2.72. The number of hydrogen-bond donors (Lipinski definition) is 1. The van der Waals surface area contributed by atoms with Crippen molar-refractivity contribution in [2.75, 3.05) is 13.1 Å². The van der Waals surface area contributed by atoms with Crippen molar-refractivity contribution in [2.24, 2.45) is 5.92 Å². The second-order valence-corrected chi connectivity index (χ2v) is 4.83. The molecular weight excluding hydrogens is 160 g/mol. The topological polar surface area (TPSA) is 15.3 Å². The smallest absolute Gasteiger partial charge is 0.0196 e. The molecule has 1 saturated carbocycles. The maximum Gasteiger partial charge on any atom is 0.0196 e. The Hall–Kier alpha value is -0.0800. The van der Waals surface area contributed by atoms with Gasteiger partial charge in [0.15, 0.2) is 0 Å². The van der Waals surface area contributed by atoms with Crippen LogP contribution >= 0.6 is 0 Å². The third-order valence-electron chi connectivity index (χ3n) is 3.65. The fourth-order valence-corrected chi connectivity index (χ4v) is 2.59. The molecule has 1 saturated heterocycles. The van der Waals surface area contributed by atoms with Crippen molar-refractivity contribution in [3.8, 4) is 0 Å². The fourth-order valence-electron chi connectivity index (χ4n) is 2.59. The standard InChI is InChI=1S/C11H22N2/c1-4-10-5-11(10)13-7-8(2)12-6-9(13)3/h8-12H,4-7H2,1-3H3. The first-order valence-corrected chi connectivity index (χ1v) is 5.71. The summed E-state index contributed by atoms with van der Waals surface area (Å²) in [5, 5.41) is 3.54. The molecule has 0 spiro atoms. The van der Waals surface area contributed by atoms with E-state index in [2.05, 4.69) is 31.0 Å². The lowest BCUT2D eigenvalue weighted by atomic mass is 10.1. The van der Waals surface area contributed by atoms with Crippen molar-refractivity contribution in [2.45, 2.75) is 51.7 Å². The second kappa shape index (κ2) is 3.58. The van der Waals surface area contributed by atoms with Crippen molar-refractivity contribution in [3.05, 3.63) is 0 Å². The number of rotatable bonds is 2. The Kier molecular flexibility index (Phi) is 2.61. The van der Waals surface area contributed by atoms with Crippen molar-refractivity contribution < 1.29 is 0 Å². The van der Waals surface area contributed by atoms with Gasteiger partial charge < -0.3 is 5.32 Å². The molecule has 1 aliphatic heterocycles. The van der Waals surface area contributed by atoms with Gasteiger partial charge in [0.05, 0.1) is 0 Å².